The molecule has 0 saturated carbocycles. The molecule has 1 amide bonds. The summed E-state index contributed by atoms with van der Waals surface area (Å²) in [5, 5.41) is 11.1. The fourth-order valence-electron chi connectivity index (χ4n) is 3.55. The third-order valence-corrected chi connectivity index (χ3v) is 5.37. The maximum atomic E-state index is 12.8. The van der Waals surface area contributed by atoms with Crippen molar-refractivity contribution in [1.29, 1.82) is 0 Å². The lowest BCUT2D eigenvalue weighted by molar-refractivity contribution is 0.0938. The van der Waals surface area contributed by atoms with Crippen molar-refractivity contribution in [2.75, 3.05) is 0 Å². The normalized spacial score (nSPS) is 12.0. The number of H-pyrrole nitrogens is 2. The van der Waals surface area contributed by atoms with Gasteiger partial charge in [-0.05, 0) is 61.6 Å². The van der Waals surface area contributed by atoms with Gasteiger partial charge in [-0.15, -0.1) is 0 Å². The van der Waals surface area contributed by atoms with Crippen molar-refractivity contribution in [1.82, 2.24) is 35.0 Å². The minimum atomic E-state index is -0.270. The Kier molecular flexibility index (Phi) is 4.71. The molecule has 1 atom stereocenters. The van der Waals surface area contributed by atoms with E-state index < -0.39 is 0 Å². The molecule has 0 spiro atoms. The van der Waals surface area contributed by atoms with Gasteiger partial charge < -0.3 is 14.9 Å². The summed E-state index contributed by atoms with van der Waals surface area (Å²) >= 11 is 0. The van der Waals surface area contributed by atoms with Crippen LogP contribution in [0.2, 0.25) is 0 Å². The summed E-state index contributed by atoms with van der Waals surface area (Å²) in [6.07, 6.45) is 3.40. The van der Waals surface area contributed by atoms with Gasteiger partial charge in [0.15, 0.2) is 0 Å². The van der Waals surface area contributed by atoms with Crippen LogP contribution in [0.25, 0.3) is 21.9 Å². The first kappa shape index (κ1) is 19.6. The van der Waals surface area contributed by atoms with E-state index in [0.717, 1.165) is 33.2 Å². The zero-order chi connectivity index (χ0) is 22.2. The molecule has 3 heterocycles. The predicted molar refractivity (Wildman–Crippen MR) is 122 cm³/mol. The highest BCUT2D eigenvalue weighted by molar-refractivity contribution is 5.98. The number of nitrogens with zero attached hydrogens (tertiary/aromatic N) is 4. The lowest BCUT2D eigenvalue weighted by atomic mass is 10.1. The van der Waals surface area contributed by atoms with Crippen molar-refractivity contribution >= 4 is 27.8 Å². The predicted octanol–water partition coefficient (Wildman–Crippen LogP) is 3.37. The lowest BCUT2D eigenvalue weighted by Crippen LogP contribution is -2.27. The Morgan fingerprint density at radius 1 is 1.16 bits per heavy atom. The van der Waals surface area contributed by atoms with Crippen LogP contribution in [0.15, 0.2) is 48.9 Å². The van der Waals surface area contributed by atoms with Crippen LogP contribution >= 0.6 is 0 Å². The number of fused-ring (bicyclic) bond motifs is 2. The van der Waals surface area contributed by atoms with Crippen LogP contribution in [0, 0.1) is 18.8 Å². The number of aromatic amines is 2. The number of amides is 1. The number of hydrogen-bond donors (Lipinski definition) is 3. The molecule has 3 N–H and O–H groups in total. The van der Waals surface area contributed by atoms with Crippen LogP contribution in [0.4, 0.5) is 0 Å². The number of carbonyl (C=O) groups is 1. The molecular formula is C24H21N7O. The van der Waals surface area contributed by atoms with Gasteiger partial charge in [-0.1, -0.05) is 6.07 Å². The first-order valence-electron chi connectivity index (χ1n) is 10.2. The molecule has 0 bridgehead atoms. The van der Waals surface area contributed by atoms with Crippen LogP contribution in [0.1, 0.15) is 46.1 Å². The SMILES string of the molecule is Cc1ccc2[nH]c(C(C)NC(=O)c3ccc4c(C#Cc5cncn5C)n[nH]c4c3)nc2c1. The molecule has 32 heavy (non-hydrogen) atoms. The van der Waals surface area contributed by atoms with Crippen molar-refractivity contribution in [3.05, 3.63) is 77.3 Å². The topological polar surface area (TPSA) is 104 Å². The molecule has 1 unspecified atom stereocenters. The molecule has 0 fully saturated rings. The van der Waals surface area contributed by atoms with Gasteiger partial charge in [0.2, 0.25) is 0 Å². The van der Waals surface area contributed by atoms with Crippen LogP contribution < -0.4 is 5.32 Å². The molecule has 8 nitrogen and oxygen atoms in total. The zero-order valence-corrected chi connectivity index (χ0v) is 17.9. The van der Waals surface area contributed by atoms with E-state index in [-0.39, 0.29) is 11.9 Å². The number of imidazole rings is 2. The molecule has 0 saturated heterocycles. The van der Waals surface area contributed by atoms with E-state index in [1.807, 2.05) is 49.7 Å². The summed E-state index contributed by atoms with van der Waals surface area (Å²) in [5.41, 5.74) is 5.69. The van der Waals surface area contributed by atoms with Gasteiger partial charge in [0.1, 0.15) is 17.2 Å². The van der Waals surface area contributed by atoms with E-state index in [0.29, 0.717) is 17.1 Å². The van der Waals surface area contributed by atoms with Gasteiger partial charge in [-0.3, -0.25) is 9.89 Å². The number of aryl methyl sites for hydroxylation is 2. The second-order valence-corrected chi connectivity index (χ2v) is 7.81. The van der Waals surface area contributed by atoms with E-state index in [1.54, 1.807) is 24.7 Å². The average Bonchev–Trinajstić information content (AvgIpc) is 3.49. The van der Waals surface area contributed by atoms with Gasteiger partial charge >= 0.3 is 0 Å². The lowest BCUT2D eigenvalue weighted by Gasteiger charge is -2.11. The molecule has 5 aromatic rings. The molecule has 158 valence electrons. The molecule has 8 heteroatoms. The van der Waals surface area contributed by atoms with Gasteiger partial charge in [-0.25, -0.2) is 9.97 Å². The number of nitrogens with one attached hydrogen (secondary N) is 3. The Morgan fingerprint density at radius 3 is 2.84 bits per heavy atom. The van der Waals surface area contributed by atoms with Gasteiger partial charge in [-0.2, -0.15) is 5.10 Å². The molecule has 0 aliphatic rings. The molecular weight excluding hydrogens is 402 g/mol. The Bertz CT molecular complexity index is 1530. The molecule has 0 aliphatic carbocycles. The molecule has 0 radical (unpaired) electrons. The number of benzene rings is 2. The quantitative estimate of drug-likeness (QED) is 0.387. The highest BCUT2D eigenvalue weighted by Crippen LogP contribution is 2.20. The molecule has 2 aromatic carbocycles. The average molecular weight is 423 g/mol. The van der Waals surface area contributed by atoms with E-state index in [4.69, 9.17) is 0 Å². The smallest absolute Gasteiger partial charge is 0.251 e. The van der Waals surface area contributed by atoms with Crippen molar-refractivity contribution in [2.24, 2.45) is 7.05 Å². The number of hydrogen-bond acceptors (Lipinski definition) is 4. The Balaban J connectivity index is 1.35. The first-order chi connectivity index (χ1) is 15.5. The minimum absolute atomic E-state index is 0.187. The van der Waals surface area contributed by atoms with Gasteiger partial charge in [0.25, 0.3) is 5.91 Å². The Hall–Kier alpha value is -4.38. The Morgan fingerprint density at radius 2 is 2.03 bits per heavy atom. The number of carbonyl (C=O) groups excluding carboxylic acids is 1. The fourth-order valence-corrected chi connectivity index (χ4v) is 3.55. The monoisotopic (exact) mass is 423 g/mol. The summed E-state index contributed by atoms with van der Waals surface area (Å²) in [6.45, 7) is 3.93. The van der Waals surface area contributed by atoms with Gasteiger partial charge in [0, 0.05) is 18.0 Å². The molecule has 5 rings (SSSR count). The second kappa shape index (κ2) is 7.71. The molecule has 0 aliphatic heterocycles. The fraction of sp³-hybridized carbons (Fsp3) is 0.167. The largest absolute Gasteiger partial charge is 0.342 e. The van der Waals surface area contributed by atoms with E-state index >= 15 is 0 Å². The van der Waals surface area contributed by atoms with Crippen molar-refractivity contribution in [2.45, 2.75) is 19.9 Å². The van der Waals surface area contributed by atoms with Crippen molar-refractivity contribution < 1.29 is 4.79 Å². The summed E-state index contributed by atoms with van der Waals surface area (Å²) < 4.78 is 1.84. The maximum Gasteiger partial charge on any atom is 0.251 e. The van der Waals surface area contributed by atoms with E-state index in [1.165, 1.54) is 0 Å². The summed E-state index contributed by atoms with van der Waals surface area (Å²) in [7, 11) is 1.89. The summed E-state index contributed by atoms with van der Waals surface area (Å²) in [4.78, 5) is 24.8. The van der Waals surface area contributed by atoms with Crippen molar-refractivity contribution in [3.63, 3.8) is 0 Å². The number of aromatic nitrogens is 6. The van der Waals surface area contributed by atoms with E-state index in [2.05, 4.69) is 42.3 Å². The Labute approximate surface area is 184 Å². The highest BCUT2D eigenvalue weighted by Gasteiger charge is 2.16. The van der Waals surface area contributed by atoms with Gasteiger partial charge in [0.05, 0.1) is 35.1 Å². The zero-order valence-electron chi connectivity index (χ0n) is 17.9. The van der Waals surface area contributed by atoms with Crippen LogP contribution in [-0.2, 0) is 7.05 Å². The standard InChI is InChI=1S/C24H21N7O/c1-14-4-8-20-22(10-14)28-23(27-20)15(2)26-24(32)16-5-7-18-19(29-30-21(18)11-16)9-6-17-12-25-13-31(17)3/h4-5,7-8,10-13,15H,1-3H3,(H,26,32)(H,27,28)(H,29,30). The van der Waals surface area contributed by atoms with Crippen LogP contribution in [0.5, 0.6) is 0 Å². The molecule has 3 aromatic heterocycles. The van der Waals surface area contributed by atoms with Crippen LogP contribution in [-0.4, -0.2) is 35.6 Å². The van der Waals surface area contributed by atoms with Crippen molar-refractivity contribution in [3.8, 4) is 11.8 Å². The van der Waals surface area contributed by atoms with E-state index in [9.17, 15) is 4.79 Å². The second-order valence-electron chi connectivity index (χ2n) is 7.81. The third-order valence-electron chi connectivity index (χ3n) is 5.37. The highest BCUT2D eigenvalue weighted by atomic mass is 16.1. The summed E-state index contributed by atoms with van der Waals surface area (Å²) in [5.74, 6) is 6.66. The van der Waals surface area contributed by atoms with Crippen LogP contribution in [0.3, 0.4) is 0 Å². The summed E-state index contributed by atoms with van der Waals surface area (Å²) in [6, 6.07) is 11.2. The maximum absolute atomic E-state index is 12.8. The first-order valence-corrected chi connectivity index (χ1v) is 10.2. The minimum Gasteiger partial charge on any atom is -0.342 e. The number of rotatable bonds is 3. The third kappa shape index (κ3) is 3.61.